The highest BCUT2D eigenvalue weighted by Crippen LogP contribution is 2.31. The Morgan fingerprint density at radius 2 is 2.00 bits per heavy atom. The lowest BCUT2D eigenvalue weighted by atomic mass is 9.89. The van der Waals surface area contributed by atoms with Gasteiger partial charge >= 0.3 is 0 Å². The van der Waals surface area contributed by atoms with Gasteiger partial charge < -0.3 is 15.0 Å². The normalized spacial score (nSPS) is 17.3. The van der Waals surface area contributed by atoms with Crippen LogP contribution in [0.3, 0.4) is 0 Å². The number of anilines is 2. The Kier molecular flexibility index (Phi) is 5.92. The van der Waals surface area contributed by atoms with E-state index in [2.05, 4.69) is 11.4 Å². The third-order valence-electron chi connectivity index (χ3n) is 5.10. The van der Waals surface area contributed by atoms with E-state index in [-0.39, 0.29) is 17.2 Å². The number of carbonyl (C=O) groups excluding carboxylic acids is 1. The third kappa shape index (κ3) is 4.83. The van der Waals surface area contributed by atoms with Gasteiger partial charge in [-0.1, -0.05) is 26.8 Å². The van der Waals surface area contributed by atoms with E-state index in [0.29, 0.717) is 0 Å². The first-order chi connectivity index (χ1) is 13.3. The van der Waals surface area contributed by atoms with Gasteiger partial charge in [0.25, 0.3) is 0 Å². The van der Waals surface area contributed by atoms with E-state index in [9.17, 15) is 4.79 Å². The quantitative estimate of drug-likeness (QED) is 0.819. The van der Waals surface area contributed by atoms with Crippen molar-refractivity contribution in [2.45, 2.75) is 46.5 Å². The number of nitrogens with zero attached hydrogens (tertiary/aromatic N) is 2. The van der Waals surface area contributed by atoms with E-state index >= 15 is 0 Å². The lowest BCUT2D eigenvalue weighted by Crippen LogP contribution is -2.44. The Labute approximate surface area is 168 Å². The molecule has 1 saturated heterocycles. The van der Waals surface area contributed by atoms with Gasteiger partial charge in [-0.2, -0.15) is 0 Å². The van der Waals surface area contributed by atoms with Gasteiger partial charge in [-0.25, -0.2) is 0 Å². The standard InChI is InChI=1S/C23H31N3O2/c1-16-12-19(25-18-9-6-10-20(13-18)28-5)14-21(24-16)17-8-7-11-26(15-17)22(27)23(2,3)4/h6,9-10,12-14,17H,7-8,11,15H2,1-5H3,(H,24,25). The van der Waals surface area contributed by atoms with Crippen LogP contribution >= 0.6 is 0 Å². The number of ether oxygens (including phenoxy) is 1. The summed E-state index contributed by atoms with van der Waals surface area (Å²) in [6.45, 7) is 9.56. The predicted octanol–water partition coefficient (Wildman–Crippen LogP) is 4.89. The molecule has 1 amide bonds. The minimum absolute atomic E-state index is 0.222. The zero-order chi connectivity index (χ0) is 20.3. The molecular formula is C23H31N3O2. The molecule has 1 aliphatic rings. The van der Waals surface area contributed by atoms with Crippen LogP contribution < -0.4 is 10.1 Å². The molecule has 1 N–H and O–H groups in total. The number of hydrogen-bond donors (Lipinski definition) is 1. The van der Waals surface area contributed by atoms with Crippen LogP contribution in [0.2, 0.25) is 0 Å². The number of hydrogen-bond acceptors (Lipinski definition) is 4. The van der Waals surface area contributed by atoms with Gasteiger partial charge in [-0.05, 0) is 44.0 Å². The van der Waals surface area contributed by atoms with Gasteiger partial charge in [0, 0.05) is 53.3 Å². The van der Waals surface area contributed by atoms with E-state index in [0.717, 1.165) is 54.4 Å². The van der Waals surface area contributed by atoms with Crippen molar-refractivity contribution in [3.63, 3.8) is 0 Å². The number of aromatic nitrogens is 1. The summed E-state index contributed by atoms with van der Waals surface area (Å²) >= 11 is 0. The smallest absolute Gasteiger partial charge is 0.227 e. The Bertz CT molecular complexity index is 842. The van der Waals surface area contributed by atoms with E-state index in [4.69, 9.17) is 9.72 Å². The molecule has 0 saturated carbocycles. The number of pyridine rings is 1. The number of amides is 1. The minimum atomic E-state index is -0.346. The van der Waals surface area contributed by atoms with Gasteiger partial charge in [-0.15, -0.1) is 0 Å². The monoisotopic (exact) mass is 381 g/mol. The highest BCUT2D eigenvalue weighted by molar-refractivity contribution is 5.81. The van der Waals surface area contributed by atoms with Crippen molar-refractivity contribution in [3.05, 3.63) is 47.8 Å². The molecule has 1 aromatic heterocycles. The number of rotatable bonds is 4. The molecule has 28 heavy (non-hydrogen) atoms. The zero-order valence-corrected chi connectivity index (χ0v) is 17.6. The molecule has 1 aliphatic heterocycles. The summed E-state index contributed by atoms with van der Waals surface area (Å²) in [5.41, 5.74) is 3.67. The van der Waals surface area contributed by atoms with Crippen molar-refractivity contribution in [2.24, 2.45) is 5.41 Å². The number of nitrogens with one attached hydrogen (secondary N) is 1. The van der Waals surface area contributed by atoms with Gasteiger partial charge in [0.1, 0.15) is 5.75 Å². The fraction of sp³-hybridized carbons (Fsp3) is 0.478. The van der Waals surface area contributed by atoms with Crippen molar-refractivity contribution in [1.29, 1.82) is 0 Å². The van der Waals surface area contributed by atoms with Crippen molar-refractivity contribution in [2.75, 3.05) is 25.5 Å². The lowest BCUT2D eigenvalue weighted by Gasteiger charge is -2.36. The maximum Gasteiger partial charge on any atom is 0.227 e. The number of likely N-dealkylation sites (tertiary alicyclic amines) is 1. The molecule has 0 aliphatic carbocycles. The third-order valence-corrected chi connectivity index (χ3v) is 5.10. The molecule has 150 valence electrons. The fourth-order valence-corrected chi connectivity index (χ4v) is 3.72. The summed E-state index contributed by atoms with van der Waals surface area (Å²) in [5, 5.41) is 3.46. The SMILES string of the molecule is COc1cccc(Nc2cc(C)nc(C3CCCN(C(=O)C(C)(C)C)C3)c2)c1. The Balaban J connectivity index is 1.79. The first kappa shape index (κ1) is 20.2. The Morgan fingerprint density at radius 3 is 2.71 bits per heavy atom. The molecule has 1 fully saturated rings. The fourth-order valence-electron chi connectivity index (χ4n) is 3.72. The lowest BCUT2D eigenvalue weighted by molar-refractivity contribution is -0.140. The second-order valence-electron chi connectivity index (χ2n) is 8.62. The summed E-state index contributed by atoms with van der Waals surface area (Å²) < 4.78 is 5.31. The second-order valence-corrected chi connectivity index (χ2v) is 8.62. The van der Waals surface area contributed by atoms with E-state index in [1.54, 1.807) is 7.11 Å². The number of carbonyl (C=O) groups is 1. The summed E-state index contributed by atoms with van der Waals surface area (Å²) in [5.74, 6) is 1.31. The molecule has 1 atom stereocenters. The van der Waals surface area contributed by atoms with Crippen molar-refractivity contribution < 1.29 is 9.53 Å². The zero-order valence-electron chi connectivity index (χ0n) is 17.6. The van der Waals surface area contributed by atoms with Crippen LogP contribution in [0.5, 0.6) is 5.75 Å². The van der Waals surface area contributed by atoms with Crippen LogP contribution in [-0.2, 0) is 4.79 Å². The van der Waals surface area contributed by atoms with Crippen LogP contribution in [0, 0.1) is 12.3 Å². The summed E-state index contributed by atoms with van der Waals surface area (Å²) in [7, 11) is 1.67. The Hall–Kier alpha value is -2.56. The van der Waals surface area contributed by atoms with Gasteiger partial charge in [-0.3, -0.25) is 9.78 Å². The van der Waals surface area contributed by atoms with Gasteiger partial charge in [0.2, 0.25) is 5.91 Å². The largest absolute Gasteiger partial charge is 0.497 e. The first-order valence-corrected chi connectivity index (χ1v) is 9.95. The molecule has 2 aromatic rings. The number of piperidine rings is 1. The van der Waals surface area contributed by atoms with Gasteiger partial charge in [0.05, 0.1) is 7.11 Å². The molecule has 1 aromatic carbocycles. The average Bonchev–Trinajstić information content (AvgIpc) is 2.66. The maximum atomic E-state index is 12.7. The molecule has 0 radical (unpaired) electrons. The first-order valence-electron chi connectivity index (χ1n) is 9.95. The maximum absolute atomic E-state index is 12.7. The predicted molar refractivity (Wildman–Crippen MR) is 113 cm³/mol. The number of benzene rings is 1. The van der Waals surface area contributed by atoms with Crippen LogP contribution in [-0.4, -0.2) is 36.0 Å². The highest BCUT2D eigenvalue weighted by atomic mass is 16.5. The topological polar surface area (TPSA) is 54.5 Å². The molecule has 5 nitrogen and oxygen atoms in total. The molecule has 3 rings (SSSR count). The number of methoxy groups -OCH3 is 1. The Morgan fingerprint density at radius 1 is 1.21 bits per heavy atom. The molecular weight excluding hydrogens is 350 g/mol. The molecule has 0 bridgehead atoms. The van der Waals surface area contributed by atoms with E-state index < -0.39 is 0 Å². The van der Waals surface area contributed by atoms with Crippen LogP contribution in [0.4, 0.5) is 11.4 Å². The van der Waals surface area contributed by atoms with Crippen molar-refractivity contribution >= 4 is 17.3 Å². The van der Waals surface area contributed by atoms with Crippen LogP contribution in [0.25, 0.3) is 0 Å². The van der Waals surface area contributed by atoms with Crippen LogP contribution in [0.1, 0.15) is 50.9 Å². The second kappa shape index (κ2) is 8.21. The highest BCUT2D eigenvalue weighted by Gasteiger charge is 2.32. The summed E-state index contributed by atoms with van der Waals surface area (Å²) in [4.78, 5) is 19.5. The molecule has 0 spiro atoms. The molecule has 2 heterocycles. The molecule has 5 heteroatoms. The molecule has 1 unspecified atom stereocenters. The summed E-state index contributed by atoms with van der Waals surface area (Å²) in [6, 6.07) is 12.0. The van der Waals surface area contributed by atoms with Crippen LogP contribution in [0.15, 0.2) is 36.4 Å². The number of aryl methyl sites for hydroxylation is 1. The summed E-state index contributed by atoms with van der Waals surface area (Å²) in [6.07, 6.45) is 2.07. The average molecular weight is 382 g/mol. The van der Waals surface area contributed by atoms with Crippen molar-refractivity contribution in [3.8, 4) is 5.75 Å². The van der Waals surface area contributed by atoms with Crippen molar-refractivity contribution in [1.82, 2.24) is 9.88 Å². The van der Waals surface area contributed by atoms with Gasteiger partial charge in [0.15, 0.2) is 0 Å². The van der Waals surface area contributed by atoms with E-state index in [1.807, 2.05) is 62.9 Å². The van der Waals surface area contributed by atoms with E-state index in [1.165, 1.54) is 0 Å². The minimum Gasteiger partial charge on any atom is -0.497 e.